The number of pyridine rings is 1. The van der Waals surface area contributed by atoms with Gasteiger partial charge in [-0.15, -0.1) is 11.3 Å². The molecule has 6 nitrogen and oxygen atoms in total. The monoisotopic (exact) mass is 366 g/mol. The van der Waals surface area contributed by atoms with Crippen LogP contribution in [0.4, 0.5) is 29.8 Å². The largest absolute Gasteiger partial charge is 0.433 e. The van der Waals surface area contributed by atoms with Crippen molar-refractivity contribution >= 4 is 28.0 Å². The van der Waals surface area contributed by atoms with Crippen molar-refractivity contribution in [1.82, 2.24) is 9.97 Å². The molecule has 0 radical (unpaired) electrons. The van der Waals surface area contributed by atoms with Crippen LogP contribution in [0.15, 0.2) is 47.8 Å². The lowest BCUT2D eigenvalue weighted by Crippen LogP contribution is -2.08. The molecule has 0 aliphatic carbocycles. The third kappa shape index (κ3) is 3.91. The number of thiazole rings is 1. The van der Waals surface area contributed by atoms with Gasteiger partial charge in [0, 0.05) is 23.1 Å². The lowest BCUT2D eigenvalue weighted by Gasteiger charge is -2.07. The molecule has 0 fully saturated rings. The lowest BCUT2D eigenvalue weighted by molar-refractivity contribution is -0.384. The Morgan fingerprint density at radius 2 is 1.88 bits per heavy atom. The minimum atomic E-state index is -4.53. The average molecular weight is 366 g/mol. The fraction of sp³-hybridized carbons (Fsp3) is 0.0667. The van der Waals surface area contributed by atoms with Crippen LogP contribution in [0.3, 0.4) is 0 Å². The van der Waals surface area contributed by atoms with Gasteiger partial charge in [0.15, 0.2) is 5.13 Å². The van der Waals surface area contributed by atoms with Crippen molar-refractivity contribution in [2.45, 2.75) is 6.18 Å². The SMILES string of the molecule is O=[N+]([O-])c1cccc(-c2csc(Nc3cccc(C(F)(F)F)n3)n2)c1. The highest BCUT2D eigenvalue weighted by Gasteiger charge is 2.32. The Labute approximate surface area is 143 Å². The third-order valence-electron chi connectivity index (χ3n) is 3.13. The highest BCUT2D eigenvalue weighted by Crippen LogP contribution is 2.31. The van der Waals surface area contributed by atoms with Gasteiger partial charge >= 0.3 is 6.18 Å². The summed E-state index contributed by atoms with van der Waals surface area (Å²) in [6.45, 7) is 0. The number of hydrogen-bond acceptors (Lipinski definition) is 6. The molecule has 3 aromatic rings. The van der Waals surface area contributed by atoms with Gasteiger partial charge in [0.1, 0.15) is 11.5 Å². The van der Waals surface area contributed by atoms with Gasteiger partial charge in [-0.05, 0) is 12.1 Å². The summed E-state index contributed by atoms with van der Waals surface area (Å²) >= 11 is 1.15. The molecule has 3 rings (SSSR count). The number of nitro benzene ring substituents is 1. The number of rotatable bonds is 4. The van der Waals surface area contributed by atoms with Crippen LogP contribution in [-0.2, 0) is 6.18 Å². The van der Waals surface area contributed by atoms with Crippen molar-refractivity contribution in [1.29, 1.82) is 0 Å². The zero-order chi connectivity index (χ0) is 18.0. The molecule has 0 aliphatic rings. The van der Waals surface area contributed by atoms with Crippen molar-refractivity contribution in [3.8, 4) is 11.3 Å². The molecule has 0 aliphatic heterocycles. The van der Waals surface area contributed by atoms with Crippen molar-refractivity contribution < 1.29 is 18.1 Å². The number of nitro groups is 1. The number of nitrogens with one attached hydrogen (secondary N) is 1. The molecule has 1 N–H and O–H groups in total. The molecule has 25 heavy (non-hydrogen) atoms. The molecule has 2 heterocycles. The van der Waals surface area contributed by atoms with Crippen LogP contribution in [0, 0.1) is 10.1 Å². The molecular weight excluding hydrogens is 357 g/mol. The first-order valence-corrected chi connectivity index (χ1v) is 7.72. The topological polar surface area (TPSA) is 81.0 Å². The molecule has 0 bridgehead atoms. The molecule has 0 saturated heterocycles. The highest BCUT2D eigenvalue weighted by atomic mass is 32.1. The Balaban J connectivity index is 1.83. The first kappa shape index (κ1) is 16.8. The van der Waals surface area contributed by atoms with Gasteiger partial charge in [-0.1, -0.05) is 18.2 Å². The van der Waals surface area contributed by atoms with E-state index in [1.165, 1.54) is 30.3 Å². The molecule has 2 aromatic heterocycles. The van der Waals surface area contributed by atoms with Gasteiger partial charge in [0.25, 0.3) is 5.69 Å². The Bertz CT molecular complexity index is 927. The van der Waals surface area contributed by atoms with Gasteiger partial charge in [0.2, 0.25) is 0 Å². The van der Waals surface area contributed by atoms with E-state index in [-0.39, 0.29) is 11.5 Å². The molecule has 0 unspecified atom stereocenters. The normalized spacial score (nSPS) is 11.3. The van der Waals surface area contributed by atoms with Crippen LogP contribution in [0.25, 0.3) is 11.3 Å². The van der Waals surface area contributed by atoms with E-state index < -0.39 is 16.8 Å². The van der Waals surface area contributed by atoms with Crippen molar-refractivity contribution in [2.75, 3.05) is 5.32 Å². The van der Waals surface area contributed by atoms with E-state index in [9.17, 15) is 23.3 Å². The van der Waals surface area contributed by atoms with E-state index in [1.807, 2.05) is 0 Å². The summed E-state index contributed by atoms with van der Waals surface area (Å²) in [5.74, 6) is 0.00904. The maximum absolute atomic E-state index is 12.7. The number of aromatic nitrogens is 2. The minimum Gasteiger partial charge on any atom is -0.316 e. The lowest BCUT2D eigenvalue weighted by atomic mass is 10.1. The quantitative estimate of drug-likeness (QED) is 0.526. The number of hydrogen-bond donors (Lipinski definition) is 1. The standard InChI is InChI=1S/C15H9F3N4O2S/c16-15(17,18)12-5-2-6-13(20-12)21-14-19-11(8-25-14)9-3-1-4-10(7-9)22(23)24/h1-8H,(H,19,20,21). The molecule has 0 saturated carbocycles. The summed E-state index contributed by atoms with van der Waals surface area (Å²) in [6.07, 6.45) is -4.53. The summed E-state index contributed by atoms with van der Waals surface area (Å²) in [5.41, 5.74) is -0.0637. The van der Waals surface area contributed by atoms with Gasteiger partial charge in [-0.3, -0.25) is 10.1 Å². The van der Waals surface area contributed by atoms with Crippen LogP contribution < -0.4 is 5.32 Å². The predicted molar refractivity (Wildman–Crippen MR) is 86.7 cm³/mol. The number of anilines is 2. The van der Waals surface area contributed by atoms with Crippen LogP contribution >= 0.6 is 11.3 Å². The molecular formula is C15H9F3N4O2S. The first-order chi connectivity index (χ1) is 11.8. The van der Waals surface area contributed by atoms with Crippen molar-refractivity contribution in [3.05, 3.63) is 63.7 Å². The maximum atomic E-state index is 12.7. The summed E-state index contributed by atoms with van der Waals surface area (Å²) < 4.78 is 38.0. The third-order valence-corrected chi connectivity index (χ3v) is 3.89. The second-order valence-corrected chi connectivity index (χ2v) is 5.73. The van der Waals surface area contributed by atoms with Gasteiger partial charge in [-0.2, -0.15) is 13.2 Å². The fourth-order valence-electron chi connectivity index (χ4n) is 2.01. The molecule has 0 spiro atoms. The summed E-state index contributed by atoms with van der Waals surface area (Å²) in [6, 6.07) is 9.45. The van der Waals surface area contributed by atoms with E-state index >= 15 is 0 Å². The maximum Gasteiger partial charge on any atom is 0.433 e. The molecule has 128 valence electrons. The van der Waals surface area contributed by atoms with Crippen LogP contribution in [-0.4, -0.2) is 14.9 Å². The summed E-state index contributed by atoms with van der Waals surface area (Å²) in [4.78, 5) is 18.0. The average Bonchev–Trinajstić information content (AvgIpc) is 3.03. The second kappa shape index (κ2) is 6.48. The number of benzene rings is 1. The molecule has 10 heteroatoms. The van der Waals surface area contributed by atoms with Crippen molar-refractivity contribution in [3.63, 3.8) is 0 Å². The van der Waals surface area contributed by atoms with Crippen LogP contribution in [0.5, 0.6) is 0 Å². The van der Waals surface area contributed by atoms with Crippen molar-refractivity contribution in [2.24, 2.45) is 0 Å². The van der Waals surface area contributed by atoms with Gasteiger partial charge < -0.3 is 5.32 Å². The first-order valence-electron chi connectivity index (χ1n) is 6.84. The van der Waals surface area contributed by atoms with Crippen LogP contribution in [0.1, 0.15) is 5.69 Å². The zero-order valence-electron chi connectivity index (χ0n) is 12.3. The fourth-order valence-corrected chi connectivity index (χ4v) is 2.74. The minimum absolute atomic E-state index is 0.00904. The van der Waals surface area contributed by atoms with E-state index in [2.05, 4.69) is 15.3 Å². The van der Waals surface area contributed by atoms with E-state index in [4.69, 9.17) is 0 Å². The highest BCUT2D eigenvalue weighted by molar-refractivity contribution is 7.14. The van der Waals surface area contributed by atoms with Crippen LogP contribution in [0.2, 0.25) is 0 Å². The Morgan fingerprint density at radius 1 is 1.12 bits per heavy atom. The number of nitrogens with zero attached hydrogens (tertiary/aromatic N) is 3. The van der Waals surface area contributed by atoms with Gasteiger partial charge in [0.05, 0.1) is 10.6 Å². The number of halogens is 3. The Kier molecular flexibility index (Phi) is 4.36. The Hall–Kier alpha value is -3.01. The van der Waals surface area contributed by atoms with E-state index in [1.54, 1.807) is 11.4 Å². The predicted octanol–water partition coefficient (Wildman–Crippen LogP) is 4.88. The molecule has 1 aromatic carbocycles. The number of alkyl halides is 3. The zero-order valence-corrected chi connectivity index (χ0v) is 13.1. The molecule has 0 amide bonds. The van der Waals surface area contributed by atoms with E-state index in [0.29, 0.717) is 16.4 Å². The summed E-state index contributed by atoms with van der Waals surface area (Å²) in [5, 5.41) is 15.5. The molecule has 0 atom stereocenters. The summed E-state index contributed by atoms with van der Waals surface area (Å²) in [7, 11) is 0. The Morgan fingerprint density at radius 3 is 2.60 bits per heavy atom. The number of non-ortho nitro benzene ring substituents is 1. The smallest absolute Gasteiger partial charge is 0.316 e. The van der Waals surface area contributed by atoms with E-state index in [0.717, 1.165) is 17.4 Å². The second-order valence-electron chi connectivity index (χ2n) is 4.88. The van der Waals surface area contributed by atoms with Gasteiger partial charge in [-0.25, -0.2) is 9.97 Å².